The maximum atomic E-state index is 13.9. The Kier molecular flexibility index (Phi) is 5.67. The second kappa shape index (κ2) is 8.94. The quantitative estimate of drug-likeness (QED) is 0.377. The van der Waals surface area contributed by atoms with E-state index < -0.39 is 17.7 Å². The first-order valence-electron chi connectivity index (χ1n) is 11.0. The van der Waals surface area contributed by atoms with Crippen LogP contribution in [0.4, 0.5) is 10.1 Å². The molecule has 0 saturated heterocycles. The number of carbonyl (C=O) groups is 2. The van der Waals surface area contributed by atoms with Crippen molar-refractivity contribution >= 4 is 17.6 Å². The van der Waals surface area contributed by atoms with E-state index in [2.05, 4.69) is 5.32 Å². The third kappa shape index (κ3) is 4.32. The largest absolute Gasteiger partial charge is 0.407 e. The third-order valence-corrected chi connectivity index (χ3v) is 5.63. The lowest BCUT2D eigenvalue weighted by atomic mass is 10.0. The van der Waals surface area contributed by atoms with E-state index in [-0.39, 0.29) is 5.56 Å². The zero-order valence-electron chi connectivity index (χ0n) is 18.5. The molecule has 1 aromatic heterocycles. The molecule has 4 aromatic rings. The van der Waals surface area contributed by atoms with Gasteiger partial charge in [0.05, 0.1) is 22.5 Å². The SMILES string of the molecule is CC(=O)Oc1c(-c2ccc(NC(=O)c3ccccc3F)cc2)c(C2CC2)nn1-c1ccccc1. The van der Waals surface area contributed by atoms with Crippen LogP contribution in [-0.2, 0) is 4.79 Å². The Morgan fingerprint density at radius 2 is 1.65 bits per heavy atom. The normalized spacial score (nSPS) is 12.9. The number of carbonyl (C=O) groups excluding carboxylic acids is 2. The highest BCUT2D eigenvalue weighted by molar-refractivity contribution is 6.04. The van der Waals surface area contributed by atoms with Gasteiger partial charge in [-0.1, -0.05) is 42.5 Å². The summed E-state index contributed by atoms with van der Waals surface area (Å²) in [6, 6.07) is 22.5. The average Bonchev–Trinajstić information content (AvgIpc) is 3.62. The van der Waals surface area contributed by atoms with E-state index in [1.54, 1.807) is 22.9 Å². The lowest BCUT2D eigenvalue weighted by molar-refractivity contribution is -0.132. The Morgan fingerprint density at radius 3 is 2.29 bits per heavy atom. The number of hydrogen-bond acceptors (Lipinski definition) is 4. The summed E-state index contributed by atoms with van der Waals surface area (Å²) in [6.45, 7) is 1.37. The van der Waals surface area contributed by atoms with Crippen LogP contribution in [0.1, 0.15) is 41.7 Å². The van der Waals surface area contributed by atoms with Crippen molar-refractivity contribution in [3.05, 3.63) is 95.9 Å². The zero-order chi connectivity index (χ0) is 23.7. The van der Waals surface area contributed by atoms with Crippen molar-refractivity contribution in [2.45, 2.75) is 25.7 Å². The van der Waals surface area contributed by atoms with Gasteiger partial charge >= 0.3 is 5.97 Å². The highest BCUT2D eigenvalue weighted by Crippen LogP contribution is 2.48. The molecule has 0 unspecified atom stereocenters. The number of amides is 1. The lowest BCUT2D eigenvalue weighted by Gasteiger charge is -2.10. The molecule has 0 bridgehead atoms. The van der Waals surface area contributed by atoms with Gasteiger partial charge in [-0.15, -0.1) is 0 Å². The van der Waals surface area contributed by atoms with Gasteiger partial charge in [0.25, 0.3) is 5.91 Å². The smallest absolute Gasteiger partial charge is 0.309 e. The molecule has 1 saturated carbocycles. The van der Waals surface area contributed by atoms with E-state index in [0.29, 0.717) is 17.5 Å². The molecule has 0 spiro atoms. The maximum Gasteiger partial charge on any atom is 0.309 e. The lowest BCUT2D eigenvalue weighted by Crippen LogP contribution is -2.13. The van der Waals surface area contributed by atoms with Crippen LogP contribution in [0.15, 0.2) is 78.9 Å². The molecule has 34 heavy (non-hydrogen) atoms. The minimum atomic E-state index is -0.579. The van der Waals surface area contributed by atoms with E-state index in [1.807, 2.05) is 42.5 Å². The number of rotatable bonds is 6. The number of halogens is 1. The predicted molar refractivity (Wildman–Crippen MR) is 127 cm³/mol. The molecule has 3 aromatic carbocycles. The topological polar surface area (TPSA) is 73.2 Å². The molecule has 0 radical (unpaired) electrons. The van der Waals surface area contributed by atoms with E-state index in [0.717, 1.165) is 35.3 Å². The first-order chi connectivity index (χ1) is 16.5. The second-order valence-corrected chi connectivity index (χ2v) is 8.19. The predicted octanol–water partition coefficient (Wildman–Crippen LogP) is 5.73. The third-order valence-electron chi connectivity index (χ3n) is 5.63. The highest BCUT2D eigenvalue weighted by Gasteiger charge is 2.34. The van der Waals surface area contributed by atoms with Crippen LogP contribution < -0.4 is 10.1 Å². The molecule has 0 atom stereocenters. The molecule has 7 heteroatoms. The molecule has 1 N–H and O–H groups in total. The monoisotopic (exact) mass is 455 g/mol. The van der Waals surface area contributed by atoms with Gasteiger partial charge < -0.3 is 10.1 Å². The van der Waals surface area contributed by atoms with Crippen LogP contribution in [0.5, 0.6) is 5.88 Å². The van der Waals surface area contributed by atoms with Crippen molar-refractivity contribution in [1.29, 1.82) is 0 Å². The van der Waals surface area contributed by atoms with E-state index in [4.69, 9.17) is 9.84 Å². The fourth-order valence-electron chi connectivity index (χ4n) is 3.87. The summed E-state index contributed by atoms with van der Waals surface area (Å²) in [5.74, 6) is -0.875. The maximum absolute atomic E-state index is 13.9. The molecular formula is C27H22FN3O3. The Labute approximate surface area is 196 Å². The van der Waals surface area contributed by atoms with Crippen molar-refractivity contribution in [3.63, 3.8) is 0 Å². The van der Waals surface area contributed by atoms with Crippen molar-refractivity contribution in [2.75, 3.05) is 5.32 Å². The molecule has 170 valence electrons. The van der Waals surface area contributed by atoms with Crippen molar-refractivity contribution < 1.29 is 18.7 Å². The number of anilines is 1. The second-order valence-electron chi connectivity index (χ2n) is 8.19. The zero-order valence-corrected chi connectivity index (χ0v) is 18.5. The summed E-state index contributed by atoms with van der Waals surface area (Å²) in [4.78, 5) is 24.4. The van der Waals surface area contributed by atoms with Gasteiger partial charge in [-0.3, -0.25) is 9.59 Å². The molecule has 6 nitrogen and oxygen atoms in total. The molecule has 1 fully saturated rings. The average molecular weight is 455 g/mol. The summed E-state index contributed by atoms with van der Waals surface area (Å²) < 4.78 is 21.3. The van der Waals surface area contributed by atoms with Crippen molar-refractivity contribution in [1.82, 2.24) is 9.78 Å². The Morgan fingerprint density at radius 1 is 0.971 bits per heavy atom. The van der Waals surface area contributed by atoms with E-state index in [1.165, 1.54) is 25.1 Å². The van der Waals surface area contributed by atoms with Gasteiger partial charge in [-0.05, 0) is 54.8 Å². The Balaban J connectivity index is 1.52. The van der Waals surface area contributed by atoms with Crippen LogP contribution in [0.25, 0.3) is 16.8 Å². The Hall–Kier alpha value is -4.26. The molecule has 1 aliphatic rings. The first-order valence-corrected chi connectivity index (χ1v) is 11.0. The molecule has 1 heterocycles. The number of esters is 1. The van der Waals surface area contributed by atoms with Crippen LogP contribution in [0.2, 0.25) is 0 Å². The van der Waals surface area contributed by atoms with Gasteiger partial charge in [0.1, 0.15) is 5.82 Å². The van der Waals surface area contributed by atoms with Gasteiger partial charge in [-0.25, -0.2) is 4.39 Å². The van der Waals surface area contributed by atoms with Crippen LogP contribution in [0, 0.1) is 5.82 Å². The first kappa shape index (κ1) is 21.6. The number of aromatic nitrogens is 2. The molecular weight excluding hydrogens is 433 g/mol. The molecule has 1 amide bonds. The van der Waals surface area contributed by atoms with Gasteiger partial charge in [0, 0.05) is 18.5 Å². The van der Waals surface area contributed by atoms with Crippen molar-refractivity contribution in [3.8, 4) is 22.7 Å². The molecule has 1 aliphatic carbocycles. The number of ether oxygens (including phenoxy) is 1. The van der Waals surface area contributed by atoms with Crippen LogP contribution >= 0.6 is 0 Å². The summed E-state index contributed by atoms with van der Waals surface area (Å²) in [5, 5.41) is 7.54. The number of benzene rings is 3. The Bertz CT molecular complexity index is 1360. The van der Waals surface area contributed by atoms with Crippen molar-refractivity contribution in [2.24, 2.45) is 0 Å². The highest BCUT2D eigenvalue weighted by atomic mass is 19.1. The van der Waals surface area contributed by atoms with Crippen LogP contribution in [0.3, 0.4) is 0 Å². The van der Waals surface area contributed by atoms with E-state index >= 15 is 0 Å². The molecule has 5 rings (SSSR count). The van der Waals surface area contributed by atoms with Gasteiger partial charge in [-0.2, -0.15) is 9.78 Å². The summed E-state index contributed by atoms with van der Waals surface area (Å²) in [6.07, 6.45) is 2.05. The summed E-state index contributed by atoms with van der Waals surface area (Å²) in [5.41, 5.74) is 3.74. The minimum absolute atomic E-state index is 0.0242. The van der Waals surface area contributed by atoms with E-state index in [9.17, 15) is 14.0 Å². The van der Waals surface area contributed by atoms with Gasteiger partial charge in [0.2, 0.25) is 5.88 Å². The fourth-order valence-corrected chi connectivity index (χ4v) is 3.87. The number of para-hydroxylation sites is 1. The standard InChI is InChI=1S/C27H22FN3O3/c1-17(32)34-27-24(25(19-11-12-19)30-31(27)21-7-3-2-4-8-21)18-13-15-20(16-14-18)29-26(33)22-9-5-6-10-23(22)28/h2-10,13-16,19H,11-12H2,1H3,(H,29,33). The van der Waals surface area contributed by atoms with Gasteiger partial charge in [0.15, 0.2) is 0 Å². The molecule has 0 aliphatic heterocycles. The number of nitrogens with zero attached hydrogens (tertiary/aromatic N) is 2. The summed E-state index contributed by atoms with van der Waals surface area (Å²) >= 11 is 0. The summed E-state index contributed by atoms with van der Waals surface area (Å²) in [7, 11) is 0. The number of hydrogen-bond donors (Lipinski definition) is 1. The fraction of sp³-hybridized carbons (Fsp3) is 0.148. The van der Waals surface area contributed by atoms with Crippen LogP contribution in [-0.4, -0.2) is 21.7 Å². The minimum Gasteiger partial charge on any atom is -0.407 e. The number of nitrogens with one attached hydrogen (secondary N) is 1.